The minimum atomic E-state index is -1.16. The van der Waals surface area contributed by atoms with E-state index >= 15 is 0 Å². The van der Waals surface area contributed by atoms with Crippen LogP contribution in [-0.4, -0.2) is 49.7 Å². The number of rotatable bonds is 3. The lowest BCUT2D eigenvalue weighted by molar-refractivity contribution is -0.515. The van der Waals surface area contributed by atoms with Crippen LogP contribution >= 0.6 is 11.3 Å². The van der Waals surface area contributed by atoms with Gasteiger partial charge in [0.1, 0.15) is 11.4 Å². The van der Waals surface area contributed by atoms with Crippen LogP contribution in [0, 0.1) is 12.8 Å². The van der Waals surface area contributed by atoms with Crippen molar-refractivity contribution >= 4 is 39.6 Å². The molecule has 1 fully saturated rings. The first-order chi connectivity index (χ1) is 12.2. The lowest BCUT2D eigenvalue weighted by Gasteiger charge is -2.44. The van der Waals surface area contributed by atoms with E-state index in [1.807, 2.05) is 6.92 Å². The lowest BCUT2D eigenvalue weighted by Crippen LogP contribution is -3.00. The van der Waals surface area contributed by atoms with Crippen LogP contribution in [0.15, 0.2) is 18.2 Å². The molecular formula is C16H17IN4O5S. The molecule has 9 nitrogen and oxygen atoms in total. The number of primary amides is 1. The van der Waals surface area contributed by atoms with Crippen molar-refractivity contribution in [3.63, 3.8) is 0 Å². The van der Waals surface area contributed by atoms with Crippen molar-refractivity contribution in [2.45, 2.75) is 32.4 Å². The molecule has 11 heteroatoms. The van der Waals surface area contributed by atoms with Crippen molar-refractivity contribution in [1.29, 1.82) is 0 Å². The number of hydrogen-bond donors (Lipinski definition) is 3. The number of aliphatic hydroxyl groups excluding tert-OH is 1. The number of carboxylic acid groups (broad SMARTS) is 1. The van der Waals surface area contributed by atoms with E-state index in [-0.39, 0.29) is 41.6 Å². The Morgan fingerprint density at radius 1 is 1.44 bits per heavy atom. The number of nitrogens with zero attached hydrogens (tertiary/aromatic N) is 3. The van der Waals surface area contributed by atoms with Gasteiger partial charge in [-0.2, -0.15) is 8.97 Å². The second-order valence-corrected chi connectivity index (χ2v) is 7.62. The van der Waals surface area contributed by atoms with Gasteiger partial charge in [0, 0.05) is 5.57 Å². The molecule has 0 radical (unpaired) electrons. The maximum absolute atomic E-state index is 12.3. The number of aliphatic carboxylic acids is 1. The third kappa shape index (κ3) is 2.67. The summed E-state index contributed by atoms with van der Waals surface area (Å²) in [5.74, 6) is -2.10. The number of carbonyl (C=O) groups excluding carboxylic acids is 2. The highest BCUT2D eigenvalue weighted by atomic mass is 127. The van der Waals surface area contributed by atoms with Gasteiger partial charge in [-0.05, 0) is 20.3 Å². The van der Waals surface area contributed by atoms with Gasteiger partial charge >= 0.3 is 12.0 Å². The van der Waals surface area contributed by atoms with E-state index in [0.717, 1.165) is 15.4 Å². The maximum atomic E-state index is 12.3. The standard InChI is InChI=1S/C16H16N4O5S.HI/c1-6-13(26-10-4-18(16(17)25)5-19(6)10)8-3-9-11(7(2)21)14(22)20(9)12(8)15(23)24;/h4-5,7,9,11,21H,3H2,1-2H3,(H2-,17,23,24,25);1H/t7-,9-,11-;/m1./s1. The van der Waals surface area contributed by atoms with E-state index in [1.54, 1.807) is 23.8 Å². The Balaban J connectivity index is 0.00000210. The molecule has 144 valence electrons. The predicted octanol–water partition coefficient (Wildman–Crippen LogP) is -3.07. The molecule has 2 aliphatic heterocycles. The molecule has 0 unspecified atom stereocenters. The summed E-state index contributed by atoms with van der Waals surface area (Å²) in [5, 5.41) is 19.5. The number of aliphatic hydroxyl groups is 1. The van der Waals surface area contributed by atoms with Gasteiger partial charge in [0.25, 0.3) is 6.33 Å². The summed E-state index contributed by atoms with van der Waals surface area (Å²) in [6.45, 7) is 3.36. The van der Waals surface area contributed by atoms with Crippen molar-refractivity contribution in [3.8, 4) is 0 Å². The Morgan fingerprint density at radius 2 is 2.11 bits per heavy atom. The fraction of sp³-hybridized carbons (Fsp3) is 0.375. The zero-order chi connectivity index (χ0) is 18.9. The van der Waals surface area contributed by atoms with Gasteiger partial charge in [0.2, 0.25) is 10.7 Å². The molecule has 2 amide bonds. The van der Waals surface area contributed by atoms with Crippen LogP contribution in [0.1, 0.15) is 23.9 Å². The Kier molecular flexibility index (Phi) is 4.80. The zero-order valence-corrected chi connectivity index (χ0v) is 17.4. The van der Waals surface area contributed by atoms with Gasteiger partial charge in [0.05, 0.1) is 22.9 Å². The molecule has 0 bridgehead atoms. The van der Waals surface area contributed by atoms with Gasteiger partial charge in [-0.25, -0.2) is 9.59 Å². The van der Waals surface area contributed by atoms with E-state index < -0.39 is 24.0 Å². The van der Waals surface area contributed by atoms with E-state index in [9.17, 15) is 24.6 Å². The van der Waals surface area contributed by atoms with E-state index in [2.05, 4.69) is 0 Å². The van der Waals surface area contributed by atoms with E-state index in [1.165, 1.54) is 20.8 Å². The Morgan fingerprint density at radius 3 is 2.63 bits per heavy atom. The predicted molar refractivity (Wildman–Crippen MR) is 90.2 cm³/mol. The van der Waals surface area contributed by atoms with Gasteiger partial charge in [-0.3, -0.25) is 4.79 Å². The minimum Gasteiger partial charge on any atom is -1.00 e. The van der Waals surface area contributed by atoms with Crippen LogP contribution in [0.4, 0.5) is 4.79 Å². The number of β-lactam (4-membered cyclic amide) rings is 1. The molecule has 2 aromatic heterocycles. The molecule has 2 aliphatic rings. The number of carbonyl (C=O) groups is 3. The first-order valence-corrected chi connectivity index (χ1v) is 8.84. The van der Waals surface area contributed by atoms with Gasteiger partial charge < -0.3 is 44.8 Å². The molecule has 2 aromatic rings. The fourth-order valence-corrected chi connectivity index (χ4v) is 5.09. The number of carboxylic acids is 1. The van der Waals surface area contributed by atoms with Gasteiger partial charge in [-0.1, -0.05) is 11.3 Å². The van der Waals surface area contributed by atoms with Crippen molar-refractivity contribution in [3.05, 3.63) is 28.8 Å². The molecule has 4 rings (SSSR count). The molecular weight excluding hydrogens is 487 g/mol. The van der Waals surface area contributed by atoms with E-state index in [4.69, 9.17) is 5.73 Å². The molecule has 0 spiro atoms. The first kappa shape index (κ1) is 19.8. The topological polar surface area (TPSA) is 130 Å². The highest BCUT2D eigenvalue weighted by Gasteiger charge is 2.57. The molecule has 27 heavy (non-hydrogen) atoms. The van der Waals surface area contributed by atoms with Gasteiger partial charge in [0.15, 0.2) is 6.20 Å². The summed E-state index contributed by atoms with van der Waals surface area (Å²) in [7, 11) is 0. The molecule has 0 aromatic carbocycles. The van der Waals surface area contributed by atoms with Crippen molar-refractivity contribution in [1.82, 2.24) is 9.47 Å². The second kappa shape index (κ2) is 6.56. The summed E-state index contributed by atoms with van der Waals surface area (Å²) < 4.78 is 3.02. The number of aryl methyl sites for hydroxylation is 1. The summed E-state index contributed by atoms with van der Waals surface area (Å²) in [6.07, 6.45) is 2.68. The number of fused-ring (bicyclic) bond motifs is 2. The van der Waals surface area contributed by atoms with Crippen LogP contribution in [0.2, 0.25) is 0 Å². The molecule has 0 aliphatic carbocycles. The molecule has 4 heterocycles. The van der Waals surface area contributed by atoms with E-state index in [0.29, 0.717) is 12.0 Å². The van der Waals surface area contributed by atoms with Crippen molar-refractivity contribution in [2.75, 3.05) is 0 Å². The largest absolute Gasteiger partial charge is 1.00 e. The molecule has 0 saturated carbocycles. The third-order valence-corrected chi connectivity index (χ3v) is 6.34. The number of hydrogen-bond acceptors (Lipinski definition) is 5. The van der Waals surface area contributed by atoms with Crippen LogP contribution < -0.4 is 34.1 Å². The number of nitrogens with two attached hydrogens (primary N) is 1. The van der Waals surface area contributed by atoms with Crippen LogP contribution in [0.25, 0.3) is 10.4 Å². The lowest BCUT2D eigenvalue weighted by atomic mass is 9.83. The molecule has 1 saturated heterocycles. The number of imidazole rings is 1. The monoisotopic (exact) mass is 504 g/mol. The number of amides is 2. The quantitative estimate of drug-likeness (QED) is 0.232. The average Bonchev–Trinajstić information content (AvgIpc) is 3.17. The number of aromatic nitrogens is 2. The minimum absolute atomic E-state index is 0. The maximum Gasteiger partial charge on any atom is 0.410 e. The average molecular weight is 504 g/mol. The summed E-state index contributed by atoms with van der Waals surface area (Å²) in [6, 6.07) is -0.942. The number of halogens is 1. The Bertz CT molecular complexity index is 1020. The SMILES string of the molecule is Cc1c(C2=C(C(=O)O)N3C(=O)[C@H]([C@@H](C)O)[C@H]3C2)sc2cn(C(N)=O)c[n+]12.[I-]. The summed E-state index contributed by atoms with van der Waals surface area (Å²) >= 11 is 1.34. The van der Waals surface area contributed by atoms with Gasteiger partial charge in [-0.15, -0.1) is 0 Å². The van der Waals surface area contributed by atoms with Crippen LogP contribution in [-0.2, 0) is 9.59 Å². The highest BCUT2D eigenvalue weighted by molar-refractivity contribution is 7.18. The second-order valence-electron chi connectivity index (χ2n) is 6.59. The summed E-state index contributed by atoms with van der Waals surface area (Å²) in [5.41, 5.74) is 6.60. The fourth-order valence-electron chi connectivity index (χ4n) is 3.88. The zero-order valence-electron chi connectivity index (χ0n) is 14.4. The van der Waals surface area contributed by atoms with Crippen molar-refractivity contribution in [2.24, 2.45) is 11.7 Å². The normalized spacial score (nSPS) is 22.5. The van der Waals surface area contributed by atoms with Crippen LogP contribution in [0.3, 0.4) is 0 Å². The first-order valence-electron chi connectivity index (χ1n) is 8.03. The van der Waals surface area contributed by atoms with Crippen molar-refractivity contribution < 1.29 is 53.0 Å². The summed E-state index contributed by atoms with van der Waals surface area (Å²) in [4.78, 5) is 38.2. The molecule has 3 atom stereocenters. The smallest absolute Gasteiger partial charge is 0.410 e. The number of thiazole rings is 1. The third-order valence-electron chi connectivity index (χ3n) is 5.08. The highest BCUT2D eigenvalue weighted by Crippen LogP contribution is 2.48. The Hall–Kier alpha value is -1.99. The van der Waals surface area contributed by atoms with Crippen LogP contribution in [0.5, 0.6) is 0 Å². The Labute approximate surface area is 174 Å². The molecule has 4 N–H and O–H groups in total.